The number of hydrogen-bond acceptors (Lipinski definition) is 4. The van der Waals surface area contributed by atoms with Gasteiger partial charge in [-0.2, -0.15) is 0 Å². The number of aliphatic hydroxyl groups is 2. The lowest BCUT2D eigenvalue weighted by Crippen LogP contribution is -2.62. The summed E-state index contributed by atoms with van der Waals surface area (Å²) in [7, 11) is 0. The Bertz CT molecular complexity index is 287. The highest BCUT2D eigenvalue weighted by Gasteiger charge is 2.39. The van der Waals surface area contributed by atoms with Crippen molar-refractivity contribution >= 4 is 0 Å². The van der Waals surface area contributed by atoms with Gasteiger partial charge in [0.15, 0.2) is 0 Å². The summed E-state index contributed by atoms with van der Waals surface area (Å²) in [6, 6.07) is 0.764. The molecule has 0 spiro atoms. The predicted octanol–water partition coefficient (Wildman–Crippen LogP) is 1.08. The SMILES string of the molecule is CC1CN(N2CCC(O)C(C)C2C)C(C)CC1O. The van der Waals surface area contributed by atoms with Gasteiger partial charge in [0.1, 0.15) is 0 Å². The van der Waals surface area contributed by atoms with E-state index >= 15 is 0 Å². The van der Waals surface area contributed by atoms with Crippen molar-refractivity contribution in [1.82, 2.24) is 10.0 Å². The zero-order valence-electron chi connectivity index (χ0n) is 12.1. The van der Waals surface area contributed by atoms with Crippen LogP contribution in [-0.2, 0) is 0 Å². The molecule has 0 aromatic heterocycles. The molecule has 6 atom stereocenters. The molecule has 2 heterocycles. The second kappa shape index (κ2) is 5.45. The molecule has 0 saturated carbocycles. The summed E-state index contributed by atoms with van der Waals surface area (Å²) >= 11 is 0. The summed E-state index contributed by atoms with van der Waals surface area (Å²) in [4.78, 5) is 0. The maximum Gasteiger partial charge on any atom is 0.0593 e. The van der Waals surface area contributed by atoms with E-state index in [1.54, 1.807) is 0 Å². The van der Waals surface area contributed by atoms with Gasteiger partial charge in [0.2, 0.25) is 0 Å². The smallest absolute Gasteiger partial charge is 0.0593 e. The van der Waals surface area contributed by atoms with Gasteiger partial charge < -0.3 is 10.2 Å². The van der Waals surface area contributed by atoms with Crippen LogP contribution in [0.3, 0.4) is 0 Å². The van der Waals surface area contributed by atoms with Gasteiger partial charge in [0, 0.05) is 25.2 Å². The first-order valence-electron chi connectivity index (χ1n) is 7.31. The monoisotopic (exact) mass is 256 g/mol. The molecular formula is C14H28N2O2. The number of hydrazine groups is 1. The maximum atomic E-state index is 9.94. The predicted molar refractivity (Wildman–Crippen MR) is 71.9 cm³/mol. The Morgan fingerprint density at radius 3 is 2.28 bits per heavy atom. The maximum absolute atomic E-state index is 9.94. The Morgan fingerprint density at radius 1 is 0.944 bits per heavy atom. The minimum absolute atomic E-state index is 0.167. The molecule has 0 radical (unpaired) electrons. The molecule has 2 saturated heterocycles. The van der Waals surface area contributed by atoms with Crippen LogP contribution in [0.1, 0.15) is 40.5 Å². The lowest BCUT2D eigenvalue weighted by molar-refractivity contribution is -0.169. The standard InChI is InChI=1S/C14H28N2O2/c1-9-8-16(10(2)7-14(9)18)15-6-5-13(17)11(3)12(15)4/h9-14,17-18H,5-8H2,1-4H3. The first kappa shape index (κ1) is 14.3. The fourth-order valence-corrected chi connectivity index (χ4v) is 3.34. The van der Waals surface area contributed by atoms with E-state index in [0.29, 0.717) is 23.9 Å². The van der Waals surface area contributed by atoms with Crippen LogP contribution in [0.5, 0.6) is 0 Å². The van der Waals surface area contributed by atoms with Crippen LogP contribution in [-0.4, -0.2) is 57.6 Å². The first-order chi connectivity index (χ1) is 8.41. The van der Waals surface area contributed by atoms with Crippen molar-refractivity contribution in [3.63, 3.8) is 0 Å². The summed E-state index contributed by atoms with van der Waals surface area (Å²) in [6.45, 7) is 10.5. The van der Waals surface area contributed by atoms with Crippen molar-refractivity contribution in [2.24, 2.45) is 11.8 Å². The van der Waals surface area contributed by atoms with Crippen molar-refractivity contribution in [3.8, 4) is 0 Å². The van der Waals surface area contributed by atoms with Gasteiger partial charge >= 0.3 is 0 Å². The van der Waals surface area contributed by atoms with E-state index in [0.717, 1.165) is 25.9 Å². The minimum atomic E-state index is -0.167. The lowest BCUT2D eigenvalue weighted by Gasteiger charge is -2.51. The van der Waals surface area contributed by atoms with E-state index in [1.165, 1.54) is 0 Å². The molecule has 0 aromatic carbocycles. The molecule has 0 aromatic rings. The molecule has 0 aliphatic carbocycles. The third-order valence-corrected chi connectivity index (χ3v) is 5.05. The average Bonchev–Trinajstić information content (AvgIpc) is 2.32. The van der Waals surface area contributed by atoms with Crippen LogP contribution in [0.15, 0.2) is 0 Å². The zero-order valence-corrected chi connectivity index (χ0v) is 12.1. The Morgan fingerprint density at radius 2 is 1.61 bits per heavy atom. The molecule has 4 heteroatoms. The van der Waals surface area contributed by atoms with Gasteiger partial charge in [-0.15, -0.1) is 0 Å². The van der Waals surface area contributed by atoms with E-state index in [-0.39, 0.29) is 12.2 Å². The van der Waals surface area contributed by atoms with Crippen LogP contribution in [0.4, 0.5) is 0 Å². The molecule has 2 rings (SSSR count). The number of rotatable bonds is 1. The molecule has 0 amide bonds. The Hall–Kier alpha value is -0.160. The minimum Gasteiger partial charge on any atom is -0.393 e. The molecule has 18 heavy (non-hydrogen) atoms. The van der Waals surface area contributed by atoms with Gasteiger partial charge in [-0.25, -0.2) is 10.0 Å². The van der Waals surface area contributed by atoms with Gasteiger partial charge in [-0.1, -0.05) is 13.8 Å². The molecular weight excluding hydrogens is 228 g/mol. The molecule has 2 N–H and O–H groups in total. The lowest BCUT2D eigenvalue weighted by atomic mass is 9.89. The molecule has 2 aliphatic heterocycles. The van der Waals surface area contributed by atoms with Crippen LogP contribution in [0.2, 0.25) is 0 Å². The molecule has 2 fully saturated rings. The zero-order chi connectivity index (χ0) is 13.4. The van der Waals surface area contributed by atoms with E-state index in [9.17, 15) is 10.2 Å². The van der Waals surface area contributed by atoms with E-state index in [2.05, 4.69) is 37.7 Å². The van der Waals surface area contributed by atoms with Crippen LogP contribution < -0.4 is 0 Å². The molecule has 2 aliphatic rings. The number of nitrogens with zero attached hydrogens (tertiary/aromatic N) is 2. The normalized spacial score (nSPS) is 48.3. The second-order valence-electron chi connectivity index (χ2n) is 6.37. The highest BCUT2D eigenvalue weighted by molar-refractivity contribution is 4.88. The van der Waals surface area contributed by atoms with Crippen LogP contribution in [0.25, 0.3) is 0 Å². The number of piperidine rings is 2. The van der Waals surface area contributed by atoms with E-state index in [4.69, 9.17) is 0 Å². The summed E-state index contributed by atoms with van der Waals surface area (Å²) < 4.78 is 0. The Labute approximate surface area is 111 Å². The fourth-order valence-electron chi connectivity index (χ4n) is 3.34. The highest BCUT2D eigenvalue weighted by Crippen LogP contribution is 2.30. The summed E-state index contributed by atoms with van der Waals surface area (Å²) in [5.74, 6) is 0.642. The van der Waals surface area contributed by atoms with E-state index < -0.39 is 0 Å². The average molecular weight is 256 g/mol. The van der Waals surface area contributed by atoms with Crippen molar-refractivity contribution in [1.29, 1.82) is 0 Å². The largest absolute Gasteiger partial charge is 0.393 e. The topological polar surface area (TPSA) is 46.9 Å². The molecule has 106 valence electrons. The van der Waals surface area contributed by atoms with Crippen molar-refractivity contribution in [3.05, 3.63) is 0 Å². The second-order valence-corrected chi connectivity index (χ2v) is 6.37. The number of aliphatic hydroxyl groups excluding tert-OH is 2. The van der Waals surface area contributed by atoms with Gasteiger partial charge in [-0.3, -0.25) is 0 Å². The van der Waals surface area contributed by atoms with Gasteiger partial charge in [-0.05, 0) is 38.5 Å². The Kier molecular flexibility index (Phi) is 4.32. The fraction of sp³-hybridized carbons (Fsp3) is 1.00. The third-order valence-electron chi connectivity index (χ3n) is 5.05. The van der Waals surface area contributed by atoms with Crippen molar-refractivity contribution < 1.29 is 10.2 Å². The van der Waals surface area contributed by atoms with Gasteiger partial charge in [0.25, 0.3) is 0 Å². The molecule has 6 unspecified atom stereocenters. The van der Waals surface area contributed by atoms with Gasteiger partial charge in [0.05, 0.1) is 12.2 Å². The van der Waals surface area contributed by atoms with Crippen molar-refractivity contribution in [2.45, 2.75) is 64.8 Å². The number of hydrogen-bond donors (Lipinski definition) is 2. The third kappa shape index (κ3) is 2.57. The first-order valence-corrected chi connectivity index (χ1v) is 7.31. The summed E-state index contributed by atoms with van der Waals surface area (Å²) in [5, 5.41) is 24.7. The van der Waals surface area contributed by atoms with E-state index in [1.807, 2.05) is 0 Å². The van der Waals surface area contributed by atoms with Crippen LogP contribution >= 0.6 is 0 Å². The summed E-state index contributed by atoms with van der Waals surface area (Å²) in [5.41, 5.74) is 0. The van der Waals surface area contributed by atoms with Crippen LogP contribution in [0, 0.1) is 11.8 Å². The Balaban J connectivity index is 2.06. The highest BCUT2D eigenvalue weighted by atomic mass is 16.3. The quantitative estimate of drug-likeness (QED) is 0.737. The molecule has 4 nitrogen and oxygen atoms in total. The summed E-state index contributed by atoms with van der Waals surface area (Å²) in [6.07, 6.45) is 1.37. The molecule has 0 bridgehead atoms. The van der Waals surface area contributed by atoms with Crippen molar-refractivity contribution in [2.75, 3.05) is 13.1 Å².